The molecule has 2 atom stereocenters. The molecule has 0 amide bonds. The van der Waals surface area contributed by atoms with E-state index in [2.05, 4.69) is 0 Å². The summed E-state index contributed by atoms with van der Waals surface area (Å²) in [5.41, 5.74) is 2.43. The van der Waals surface area contributed by atoms with Gasteiger partial charge in [-0.15, -0.1) is 0 Å². The summed E-state index contributed by atoms with van der Waals surface area (Å²) in [6.45, 7) is 0. The van der Waals surface area contributed by atoms with Crippen LogP contribution in [0, 0.1) is 0 Å². The first-order valence-electron chi connectivity index (χ1n) is 13.6. The molecule has 4 rings (SSSR count). The molecule has 0 heterocycles. The van der Waals surface area contributed by atoms with Crippen LogP contribution in [0.5, 0.6) is 28.7 Å². The average Bonchev–Trinajstić information content (AvgIpc) is 2.99. The minimum absolute atomic E-state index is 0.0227. The highest BCUT2D eigenvalue weighted by Crippen LogP contribution is 2.45. The van der Waals surface area contributed by atoms with Gasteiger partial charge in [-0.2, -0.15) is 0 Å². The summed E-state index contributed by atoms with van der Waals surface area (Å²) in [6, 6.07) is 23.7. The molecule has 7 heteroatoms. The number of aliphatic hydroxyl groups is 1. The van der Waals surface area contributed by atoms with E-state index in [1.807, 2.05) is 42.5 Å². The number of phenolic OH excluding ortho intramolecular Hbond substituents is 4. The quantitative estimate of drug-likeness (QED) is 0.0754. The summed E-state index contributed by atoms with van der Waals surface area (Å²) >= 11 is 0. The van der Waals surface area contributed by atoms with E-state index in [0.717, 1.165) is 11.1 Å². The fourth-order valence-electron chi connectivity index (χ4n) is 4.71. The number of hydrogen-bond acceptors (Lipinski definition) is 7. The van der Waals surface area contributed by atoms with E-state index in [4.69, 9.17) is 4.74 Å². The SMILES string of the molecule is COc1cc(O)c([C@H](/C=C/C[C@H](O)CCc2ccc(O)cc2)c2ccc(O)cc2)c(O)c1C(=O)/C=C/c1ccccc1. The predicted octanol–water partition coefficient (Wildman–Crippen LogP) is 6.49. The van der Waals surface area contributed by atoms with Gasteiger partial charge in [0, 0.05) is 17.5 Å². The number of carbonyl (C=O) groups excluding carboxylic acids is 1. The van der Waals surface area contributed by atoms with Crippen molar-refractivity contribution in [3.63, 3.8) is 0 Å². The fraction of sp³-hybridized carbons (Fsp3) is 0.171. The molecule has 42 heavy (non-hydrogen) atoms. The molecule has 0 radical (unpaired) electrons. The van der Waals surface area contributed by atoms with Crippen molar-refractivity contribution in [2.45, 2.75) is 31.3 Å². The number of ether oxygens (including phenoxy) is 1. The first-order chi connectivity index (χ1) is 20.3. The Labute approximate surface area is 244 Å². The van der Waals surface area contributed by atoms with E-state index in [-0.39, 0.29) is 34.1 Å². The summed E-state index contributed by atoms with van der Waals surface area (Å²) in [5.74, 6) is -1.66. The van der Waals surface area contributed by atoms with Gasteiger partial charge in [0.1, 0.15) is 34.3 Å². The first kappa shape index (κ1) is 30.0. The van der Waals surface area contributed by atoms with Gasteiger partial charge in [-0.05, 0) is 66.3 Å². The van der Waals surface area contributed by atoms with Gasteiger partial charge in [-0.3, -0.25) is 4.79 Å². The number of methoxy groups -OCH3 is 1. The summed E-state index contributed by atoms with van der Waals surface area (Å²) in [7, 11) is 1.35. The minimum atomic E-state index is -0.717. The van der Waals surface area contributed by atoms with Gasteiger partial charge in [0.2, 0.25) is 0 Å². The number of aryl methyl sites for hydroxylation is 1. The second kappa shape index (κ2) is 14.1. The van der Waals surface area contributed by atoms with Gasteiger partial charge in [0.25, 0.3) is 0 Å². The molecule has 0 aliphatic rings. The number of allylic oxidation sites excluding steroid dienone is 2. The number of benzene rings is 4. The summed E-state index contributed by atoms with van der Waals surface area (Å²) in [6.07, 6.45) is 7.23. The van der Waals surface area contributed by atoms with Crippen LogP contribution in [-0.2, 0) is 6.42 Å². The van der Waals surface area contributed by atoms with Crippen molar-refractivity contribution in [2.75, 3.05) is 7.11 Å². The van der Waals surface area contributed by atoms with E-state index in [9.17, 15) is 30.3 Å². The number of aromatic hydroxyl groups is 4. The van der Waals surface area contributed by atoms with Crippen molar-refractivity contribution >= 4 is 11.9 Å². The van der Waals surface area contributed by atoms with Crippen molar-refractivity contribution in [3.8, 4) is 28.7 Å². The predicted molar refractivity (Wildman–Crippen MR) is 162 cm³/mol. The standard InChI is InChI=1S/C35H34O7/c1-42-32-22-31(40)33(35(41)34(32)30(39)21-13-23-6-3-2-4-7-23)29(25-14-19-28(38)20-15-25)9-5-8-26(36)16-10-24-11-17-27(37)18-12-24/h2-7,9,11-15,17-22,26,29,36-38,40-41H,8,10,16H2,1H3/b9-5+,21-13+/t26-,29+/m0/s1. The lowest BCUT2D eigenvalue weighted by Gasteiger charge is -2.20. The van der Waals surface area contributed by atoms with E-state index >= 15 is 0 Å². The molecular weight excluding hydrogens is 532 g/mol. The van der Waals surface area contributed by atoms with Crippen LogP contribution < -0.4 is 4.74 Å². The molecular formula is C35H34O7. The highest BCUT2D eigenvalue weighted by Gasteiger charge is 2.27. The molecule has 5 N–H and O–H groups in total. The third-order valence-corrected chi connectivity index (χ3v) is 6.98. The van der Waals surface area contributed by atoms with Crippen LogP contribution in [-0.4, -0.2) is 44.5 Å². The Hall–Kier alpha value is -5.01. The number of rotatable bonds is 12. The van der Waals surface area contributed by atoms with Gasteiger partial charge >= 0.3 is 0 Å². The van der Waals surface area contributed by atoms with Gasteiger partial charge in [-0.1, -0.05) is 72.8 Å². The lowest BCUT2D eigenvalue weighted by molar-refractivity contribution is 0.104. The zero-order chi connectivity index (χ0) is 30.1. The molecule has 7 nitrogen and oxygen atoms in total. The molecule has 0 aliphatic heterocycles. The van der Waals surface area contributed by atoms with Crippen LogP contribution in [0.2, 0.25) is 0 Å². The molecule has 0 saturated carbocycles. The Morgan fingerprint density at radius 2 is 1.52 bits per heavy atom. The molecule has 4 aromatic rings. The van der Waals surface area contributed by atoms with Crippen LogP contribution in [0.3, 0.4) is 0 Å². The lowest BCUT2D eigenvalue weighted by Crippen LogP contribution is -2.08. The van der Waals surface area contributed by atoms with Crippen LogP contribution >= 0.6 is 0 Å². The molecule has 0 aliphatic carbocycles. The molecule has 216 valence electrons. The monoisotopic (exact) mass is 566 g/mol. The summed E-state index contributed by atoms with van der Waals surface area (Å²) < 4.78 is 5.35. The van der Waals surface area contributed by atoms with Crippen LogP contribution in [0.1, 0.15) is 51.4 Å². The minimum Gasteiger partial charge on any atom is -0.508 e. The highest BCUT2D eigenvalue weighted by atomic mass is 16.5. The van der Waals surface area contributed by atoms with E-state index in [1.54, 1.807) is 42.5 Å². The van der Waals surface area contributed by atoms with Gasteiger partial charge in [-0.25, -0.2) is 0 Å². The maximum atomic E-state index is 13.3. The second-order valence-electron chi connectivity index (χ2n) is 9.94. The van der Waals surface area contributed by atoms with Crippen molar-refractivity contribution < 1.29 is 35.1 Å². The number of ketones is 1. The topological polar surface area (TPSA) is 127 Å². The first-order valence-corrected chi connectivity index (χ1v) is 13.6. The Morgan fingerprint density at radius 1 is 0.881 bits per heavy atom. The molecule has 0 fully saturated rings. The Balaban J connectivity index is 1.64. The van der Waals surface area contributed by atoms with E-state index < -0.39 is 23.6 Å². The Kier molecular flexibility index (Phi) is 10.0. The summed E-state index contributed by atoms with van der Waals surface area (Å²) in [4.78, 5) is 13.3. The third-order valence-electron chi connectivity index (χ3n) is 6.98. The maximum absolute atomic E-state index is 13.3. The number of carbonyl (C=O) groups is 1. The number of phenols is 4. The average molecular weight is 567 g/mol. The van der Waals surface area contributed by atoms with E-state index in [1.165, 1.54) is 31.4 Å². The smallest absolute Gasteiger partial charge is 0.193 e. The van der Waals surface area contributed by atoms with Crippen molar-refractivity contribution in [3.05, 3.63) is 131 Å². The maximum Gasteiger partial charge on any atom is 0.193 e. The third kappa shape index (κ3) is 7.59. The van der Waals surface area contributed by atoms with Crippen LogP contribution in [0.25, 0.3) is 6.08 Å². The zero-order valence-electron chi connectivity index (χ0n) is 23.2. The normalized spacial score (nSPS) is 12.9. The molecule has 0 saturated heterocycles. The van der Waals surface area contributed by atoms with E-state index in [0.29, 0.717) is 24.8 Å². The molecule has 4 aromatic carbocycles. The van der Waals surface area contributed by atoms with Gasteiger partial charge < -0.3 is 30.3 Å². The lowest BCUT2D eigenvalue weighted by atomic mass is 9.86. The second-order valence-corrected chi connectivity index (χ2v) is 9.94. The van der Waals surface area contributed by atoms with Crippen LogP contribution in [0.4, 0.5) is 0 Å². The number of aliphatic hydroxyl groups excluding tert-OH is 1. The van der Waals surface area contributed by atoms with Crippen molar-refractivity contribution in [1.82, 2.24) is 0 Å². The molecule has 0 spiro atoms. The largest absolute Gasteiger partial charge is 0.508 e. The summed E-state index contributed by atoms with van der Waals surface area (Å²) in [5, 5.41) is 52.4. The van der Waals surface area contributed by atoms with Gasteiger partial charge in [0.05, 0.1) is 13.2 Å². The Bertz CT molecular complexity index is 1540. The van der Waals surface area contributed by atoms with Crippen LogP contribution in [0.15, 0.2) is 103 Å². The molecule has 0 unspecified atom stereocenters. The van der Waals surface area contributed by atoms with Crippen molar-refractivity contribution in [2.24, 2.45) is 0 Å². The van der Waals surface area contributed by atoms with Crippen molar-refractivity contribution in [1.29, 1.82) is 0 Å². The van der Waals surface area contributed by atoms with Gasteiger partial charge in [0.15, 0.2) is 5.78 Å². The Morgan fingerprint density at radius 3 is 2.17 bits per heavy atom. The zero-order valence-corrected chi connectivity index (χ0v) is 23.2. The molecule has 0 aromatic heterocycles. The molecule has 0 bridgehead atoms. The number of hydrogen-bond donors (Lipinski definition) is 5. The fourth-order valence-corrected chi connectivity index (χ4v) is 4.71. The highest BCUT2D eigenvalue weighted by molar-refractivity contribution is 6.11.